The Bertz CT molecular complexity index is 1170. The lowest BCUT2D eigenvalue weighted by molar-refractivity contribution is 0.0889. The van der Waals surface area contributed by atoms with Gasteiger partial charge in [0.25, 0.3) is 0 Å². The fourth-order valence-corrected chi connectivity index (χ4v) is 3.58. The summed E-state index contributed by atoms with van der Waals surface area (Å²) in [6.07, 6.45) is -0.0210. The zero-order valence-electron chi connectivity index (χ0n) is 15.2. The van der Waals surface area contributed by atoms with Gasteiger partial charge in [0.1, 0.15) is 0 Å². The summed E-state index contributed by atoms with van der Waals surface area (Å²) in [4.78, 5) is 33.6. The molecule has 29 heavy (non-hydrogen) atoms. The fourth-order valence-electron chi connectivity index (χ4n) is 3.27. The van der Waals surface area contributed by atoms with E-state index in [1.165, 1.54) is 0 Å². The highest BCUT2D eigenvalue weighted by atomic mass is 35.5. The summed E-state index contributed by atoms with van der Waals surface area (Å²) in [5.74, 6) is -0.855. The number of aromatic amines is 1. The summed E-state index contributed by atoms with van der Waals surface area (Å²) in [6, 6.07) is 21.1. The molecule has 3 aromatic carbocycles. The number of para-hydroxylation sites is 2. The number of imidazole rings is 1. The molecule has 0 fully saturated rings. The molecule has 0 bridgehead atoms. The number of hydrogen-bond donors (Lipinski definition) is 1. The van der Waals surface area contributed by atoms with Crippen LogP contribution in [0.5, 0.6) is 0 Å². The van der Waals surface area contributed by atoms with Crippen LogP contribution in [0.4, 0.5) is 0 Å². The van der Waals surface area contributed by atoms with Crippen molar-refractivity contribution in [2.75, 3.05) is 0 Å². The van der Waals surface area contributed by atoms with Crippen molar-refractivity contribution in [3.8, 4) is 0 Å². The first-order valence-corrected chi connectivity index (χ1v) is 9.80. The first kappa shape index (κ1) is 19.4. The van der Waals surface area contributed by atoms with E-state index in [0.29, 0.717) is 26.7 Å². The minimum atomic E-state index is -0.675. The molecule has 0 spiro atoms. The molecule has 0 saturated carbocycles. The Kier molecular flexibility index (Phi) is 5.47. The monoisotopic (exact) mass is 422 g/mol. The van der Waals surface area contributed by atoms with E-state index in [1.54, 1.807) is 48.5 Å². The molecule has 0 aliphatic rings. The Morgan fingerprint density at radius 2 is 1.66 bits per heavy atom. The van der Waals surface area contributed by atoms with Gasteiger partial charge in [0.15, 0.2) is 17.4 Å². The summed E-state index contributed by atoms with van der Waals surface area (Å²) < 4.78 is 0. The number of ketones is 2. The van der Waals surface area contributed by atoms with Gasteiger partial charge in [0.05, 0.1) is 17.0 Å². The topological polar surface area (TPSA) is 62.8 Å². The molecule has 1 heterocycles. The van der Waals surface area contributed by atoms with Gasteiger partial charge >= 0.3 is 0 Å². The molecule has 6 heteroatoms. The van der Waals surface area contributed by atoms with Crippen molar-refractivity contribution in [1.29, 1.82) is 0 Å². The van der Waals surface area contributed by atoms with Crippen molar-refractivity contribution in [2.24, 2.45) is 0 Å². The number of aromatic nitrogens is 2. The number of benzene rings is 3. The van der Waals surface area contributed by atoms with Crippen LogP contribution < -0.4 is 0 Å². The van der Waals surface area contributed by atoms with Crippen LogP contribution >= 0.6 is 23.2 Å². The molecule has 0 aliphatic carbocycles. The molecular weight excluding hydrogens is 407 g/mol. The van der Waals surface area contributed by atoms with E-state index < -0.39 is 5.92 Å². The van der Waals surface area contributed by atoms with Crippen LogP contribution in [0.25, 0.3) is 11.0 Å². The zero-order valence-corrected chi connectivity index (χ0v) is 16.7. The van der Waals surface area contributed by atoms with Crippen molar-refractivity contribution < 1.29 is 9.59 Å². The Balaban J connectivity index is 1.68. The van der Waals surface area contributed by atoms with Crippen LogP contribution in [0.15, 0.2) is 72.8 Å². The average Bonchev–Trinajstić information content (AvgIpc) is 3.17. The van der Waals surface area contributed by atoms with E-state index in [4.69, 9.17) is 23.2 Å². The zero-order chi connectivity index (χ0) is 20.4. The second-order valence-electron chi connectivity index (χ2n) is 6.71. The van der Waals surface area contributed by atoms with Crippen LogP contribution in [-0.2, 0) is 0 Å². The standard InChI is InChI=1S/C23H16Cl2N2O2/c24-16-10-8-14(9-11-16)18(22(29)15-4-3-5-17(25)12-15)13-21(28)23-26-19-6-1-2-7-20(19)27-23/h1-12,18H,13H2,(H,26,27). The minimum absolute atomic E-state index is 0.0210. The number of Topliss-reactive ketones (excluding diaryl/α,β-unsaturated/α-hetero) is 2. The maximum Gasteiger partial charge on any atom is 0.199 e. The normalized spacial score (nSPS) is 12.1. The van der Waals surface area contributed by atoms with Crippen LogP contribution in [0, 0.1) is 0 Å². The summed E-state index contributed by atoms with van der Waals surface area (Å²) in [6.45, 7) is 0. The van der Waals surface area contributed by atoms with E-state index in [1.807, 2.05) is 24.3 Å². The van der Waals surface area contributed by atoms with Gasteiger partial charge in [-0.25, -0.2) is 4.98 Å². The molecule has 0 amide bonds. The van der Waals surface area contributed by atoms with Crippen LogP contribution in [-0.4, -0.2) is 21.5 Å². The molecule has 1 unspecified atom stereocenters. The molecule has 4 rings (SSSR count). The molecule has 144 valence electrons. The number of carbonyl (C=O) groups excluding carboxylic acids is 2. The molecule has 1 aromatic heterocycles. The lowest BCUT2D eigenvalue weighted by Crippen LogP contribution is -2.18. The second-order valence-corrected chi connectivity index (χ2v) is 7.58. The molecule has 0 aliphatic heterocycles. The quantitative estimate of drug-likeness (QED) is 0.381. The number of carbonyl (C=O) groups is 2. The number of halogens is 2. The summed E-state index contributed by atoms with van der Waals surface area (Å²) in [7, 11) is 0. The first-order valence-electron chi connectivity index (χ1n) is 9.04. The summed E-state index contributed by atoms with van der Waals surface area (Å²) in [5.41, 5.74) is 2.65. The number of nitrogens with one attached hydrogen (secondary N) is 1. The third-order valence-electron chi connectivity index (χ3n) is 4.74. The van der Waals surface area contributed by atoms with E-state index in [9.17, 15) is 9.59 Å². The van der Waals surface area contributed by atoms with Gasteiger partial charge in [-0.2, -0.15) is 0 Å². The van der Waals surface area contributed by atoms with Gasteiger partial charge in [0.2, 0.25) is 0 Å². The molecule has 4 aromatic rings. The Labute approximate surface area is 177 Å². The van der Waals surface area contributed by atoms with E-state index in [-0.39, 0.29) is 23.8 Å². The number of nitrogens with zero attached hydrogens (tertiary/aromatic N) is 1. The van der Waals surface area contributed by atoms with Crippen molar-refractivity contribution in [3.05, 3.63) is 99.8 Å². The summed E-state index contributed by atoms with van der Waals surface area (Å²) in [5, 5.41) is 1.03. The van der Waals surface area contributed by atoms with Gasteiger partial charge in [0, 0.05) is 22.0 Å². The highest BCUT2D eigenvalue weighted by molar-refractivity contribution is 6.31. The Hall–Kier alpha value is -2.95. The van der Waals surface area contributed by atoms with Gasteiger partial charge < -0.3 is 4.98 Å². The predicted octanol–water partition coefficient (Wildman–Crippen LogP) is 6.11. The number of hydrogen-bond acceptors (Lipinski definition) is 3. The summed E-state index contributed by atoms with van der Waals surface area (Å²) >= 11 is 12.1. The predicted molar refractivity (Wildman–Crippen MR) is 115 cm³/mol. The van der Waals surface area contributed by atoms with Gasteiger partial charge in [-0.05, 0) is 42.0 Å². The molecule has 0 radical (unpaired) electrons. The Morgan fingerprint density at radius 1 is 0.897 bits per heavy atom. The van der Waals surface area contributed by atoms with Gasteiger partial charge in [-0.15, -0.1) is 0 Å². The number of fused-ring (bicyclic) bond motifs is 1. The van der Waals surface area contributed by atoms with Crippen LogP contribution in [0.3, 0.4) is 0 Å². The minimum Gasteiger partial charge on any atom is -0.335 e. The lowest BCUT2D eigenvalue weighted by Gasteiger charge is -2.16. The maximum absolute atomic E-state index is 13.2. The third-order valence-corrected chi connectivity index (χ3v) is 5.23. The maximum atomic E-state index is 13.2. The van der Waals surface area contributed by atoms with E-state index >= 15 is 0 Å². The molecule has 1 atom stereocenters. The van der Waals surface area contributed by atoms with Crippen molar-refractivity contribution in [3.63, 3.8) is 0 Å². The van der Waals surface area contributed by atoms with E-state index in [2.05, 4.69) is 9.97 Å². The molecule has 4 nitrogen and oxygen atoms in total. The molecule has 0 saturated heterocycles. The SMILES string of the molecule is O=C(CC(C(=O)c1cccc(Cl)c1)c1ccc(Cl)cc1)c1nc2ccccc2[nH]1. The Morgan fingerprint density at radius 3 is 2.38 bits per heavy atom. The molecular formula is C23H16Cl2N2O2. The smallest absolute Gasteiger partial charge is 0.199 e. The van der Waals surface area contributed by atoms with Gasteiger partial charge in [-0.3, -0.25) is 9.59 Å². The average molecular weight is 423 g/mol. The fraction of sp³-hybridized carbons (Fsp3) is 0.0870. The second kappa shape index (κ2) is 8.19. The van der Waals surface area contributed by atoms with Crippen LogP contribution in [0.2, 0.25) is 10.0 Å². The largest absolute Gasteiger partial charge is 0.335 e. The van der Waals surface area contributed by atoms with Crippen molar-refractivity contribution >= 4 is 45.8 Å². The number of rotatable bonds is 6. The highest BCUT2D eigenvalue weighted by Gasteiger charge is 2.27. The molecule has 1 N–H and O–H groups in total. The number of H-pyrrole nitrogens is 1. The van der Waals surface area contributed by atoms with Crippen molar-refractivity contribution in [1.82, 2.24) is 9.97 Å². The highest BCUT2D eigenvalue weighted by Crippen LogP contribution is 2.28. The third kappa shape index (κ3) is 4.24. The van der Waals surface area contributed by atoms with Crippen LogP contribution in [0.1, 0.15) is 38.9 Å². The van der Waals surface area contributed by atoms with Crippen molar-refractivity contribution in [2.45, 2.75) is 12.3 Å². The van der Waals surface area contributed by atoms with E-state index in [0.717, 1.165) is 5.52 Å². The van der Waals surface area contributed by atoms with Gasteiger partial charge in [-0.1, -0.05) is 59.6 Å². The lowest BCUT2D eigenvalue weighted by atomic mass is 9.86. The first-order chi connectivity index (χ1) is 14.0.